The number of para-hydroxylation sites is 3. The van der Waals surface area contributed by atoms with Gasteiger partial charge in [0.1, 0.15) is 11.9 Å². The van der Waals surface area contributed by atoms with Gasteiger partial charge in [0.15, 0.2) is 11.5 Å². The molecule has 2 aliphatic rings. The first-order valence-corrected chi connectivity index (χ1v) is 10.3. The molecule has 0 radical (unpaired) electrons. The predicted molar refractivity (Wildman–Crippen MR) is 108 cm³/mol. The second-order valence-corrected chi connectivity index (χ2v) is 8.05. The van der Waals surface area contributed by atoms with Gasteiger partial charge < -0.3 is 19.3 Å². The molecule has 0 amide bonds. The molecule has 0 bridgehead atoms. The van der Waals surface area contributed by atoms with E-state index in [1.165, 1.54) is 0 Å². The van der Waals surface area contributed by atoms with Crippen LogP contribution in [0.15, 0.2) is 48.5 Å². The van der Waals surface area contributed by atoms with Crippen LogP contribution in [0.4, 0.5) is 8.78 Å². The van der Waals surface area contributed by atoms with Gasteiger partial charge in [0, 0.05) is 25.2 Å². The molecule has 1 heterocycles. The molecule has 0 spiro atoms. The summed E-state index contributed by atoms with van der Waals surface area (Å²) in [5.74, 6) is 2.25. The number of likely N-dealkylation sites (tertiary alicyclic amines) is 1. The zero-order chi connectivity index (χ0) is 21.1. The van der Waals surface area contributed by atoms with Crippen LogP contribution in [0.2, 0.25) is 0 Å². The molecule has 1 aliphatic carbocycles. The molecule has 5 nitrogen and oxygen atoms in total. The number of benzene rings is 2. The topological polar surface area (TPSA) is 51.2 Å². The zero-order valence-electron chi connectivity index (χ0n) is 16.9. The van der Waals surface area contributed by atoms with Crippen molar-refractivity contribution in [1.82, 2.24) is 4.90 Å². The summed E-state index contributed by atoms with van der Waals surface area (Å²) in [6.07, 6.45) is 0.564. The van der Waals surface area contributed by atoms with Crippen molar-refractivity contribution in [3.8, 4) is 17.2 Å². The summed E-state index contributed by atoms with van der Waals surface area (Å²) in [5, 5.41) is 10.7. The molecule has 30 heavy (non-hydrogen) atoms. The largest absolute Gasteiger partial charge is 0.493 e. The highest BCUT2D eigenvalue weighted by Gasteiger charge is 2.42. The van der Waals surface area contributed by atoms with E-state index in [2.05, 4.69) is 9.64 Å². The van der Waals surface area contributed by atoms with E-state index in [9.17, 15) is 13.9 Å². The smallest absolute Gasteiger partial charge is 0.387 e. The van der Waals surface area contributed by atoms with Gasteiger partial charge in [0.25, 0.3) is 0 Å². The molecule has 7 heteroatoms. The molecular weight excluding hydrogens is 392 g/mol. The summed E-state index contributed by atoms with van der Waals surface area (Å²) in [7, 11) is 1.60. The van der Waals surface area contributed by atoms with Gasteiger partial charge in [0.2, 0.25) is 0 Å². The molecule has 1 N–H and O–H groups in total. The van der Waals surface area contributed by atoms with E-state index in [0.29, 0.717) is 36.3 Å². The zero-order valence-corrected chi connectivity index (χ0v) is 16.9. The monoisotopic (exact) mass is 419 g/mol. The average molecular weight is 419 g/mol. The van der Waals surface area contributed by atoms with Crippen molar-refractivity contribution in [1.29, 1.82) is 0 Å². The number of fused-ring (bicyclic) bond motifs is 1. The van der Waals surface area contributed by atoms with Crippen LogP contribution < -0.4 is 14.2 Å². The first kappa shape index (κ1) is 20.9. The summed E-state index contributed by atoms with van der Waals surface area (Å²) in [6.45, 7) is -0.627. The van der Waals surface area contributed by atoms with E-state index in [4.69, 9.17) is 9.47 Å². The lowest BCUT2D eigenvalue weighted by Crippen LogP contribution is -2.42. The molecule has 1 aliphatic heterocycles. The van der Waals surface area contributed by atoms with Crippen LogP contribution >= 0.6 is 0 Å². The molecule has 2 fully saturated rings. The number of halogens is 2. The average Bonchev–Trinajstić information content (AvgIpc) is 3.10. The van der Waals surface area contributed by atoms with Crippen LogP contribution in [0, 0.1) is 11.8 Å². The number of rotatable bonds is 7. The van der Waals surface area contributed by atoms with Crippen molar-refractivity contribution in [2.24, 2.45) is 11.8 Å². The van der Waals surface area contributed by atoms with Crippen LogP contribution in [0.25, 0.3) is 0 Å². The Bertz CT molecular complexity index is 849. The number of alkyl halides is 2. The van der Waals surface area contributed by atoms with Gasteiger partial charge in [0.05, 0.1) is 13.2 Å². The van der Waals surface area contributed by atoms with Gasteiger partial charge in [-0.25, -0.2) is 0 Å². The van der Waals surface area contributed by atoms with E-state index in [-0.39, 0.29) is 11.9 Å². The summed E-state index contributed by atoms with van der Waals surface area (Å²) in [6, 6.07) is 14.4. The molecule has 0 unspecified atom stereocenters. The number of methoxy groups -OCH3 is 1. The standard InChI is InChI=1S/C23H27F2NO4/c1-28-20-8-4-5-9-21(20)29-22-11-17-14-26(13-16(17)10-18(22)27)12-15-6-2-3-7-19(15)30-23(24)25/h2-9,16-18,22-23,27H,10-14H2,1H3/t16-,17+,18+,22+/m0/s1. The number of nitrogens with zero attached hydrogens (tertiary/aromatic N) is 1. The van der Waals surface area contributed by atoms with Crippen LogP contribution in [0.3, 0.4) is 0 Å². The highest BCUT2D eigenvalue weighted by atomic mass is 19.3. The molecule has 1 saturated carbocycles. The maximum absolute atomic E-state index is 12.7. The van der Waals surface area contributed by atoms with E-state index >= 15 is 0 Å². The Morgan fingerprint density at radius 2 is 1.60 bits per heavy atom. The van der Waals surface area contributed by atoms with Crippen molar-refractivity contribution in [2.45, 2.75) is 38.2 Å². The maximum atomic E-state index is 12.7. The fourth-order valence-corrected chi connectivity index (χ4v) is 4.71. The van der Waals surface area contributed by atoms with E-state index in [1.807, 2.05) is 36.4 Å². The Balaban J connectivity index is 1.40. The van der Waals surface area contributed by atoms with Gasteiger partial charge in [-0.1, -0.05) is 30.3 Å². The quantitative estimate of drug-likeness (QED) is 0.737. The van der Waals surface area contributed by atoms with E-state index < -0.39 is 12.7 Å². The van der Waals surface area contributed by atoms with Gasteiger partial charge in [-0.05, 0) is 42.9 Å². The summed E-state index contributed by atoms with van der Waals surface area (Å²) >= 11 is 0. The number of hydrogen-bond donors (Lipinski definition) is 1. The third-order valence-electron chi connectivity index (χ3n) is 6.09. The molecule has 4 rings (SSSR count). The van der Waals surface area contributed by atoms with Crippen LogP contribution in [0.5, 0.6) is 17.2 Å². The Kier molecular flexibility index (Phi) is 6.39. The Morgan fingerprint density at radius 1 is 0.967 bits per heavy atom. The summed E-state index contributed by atoms with van der Waals surface area (Å²) in [4.78, 5) is 2.25. The summed E-state index contributed by atoms with van der Waals surface area (Å²) in [5.41, 5.74) is 0.749. The first-order chi connectivity index (χ1) is 14.5. The maximum Gasteiger partial charge on any atom is 0.387 e. The van der Waals surface area contributed by atoms with Gasteiger partial charge in [-0.15, -0.1) is 0 Å². The van der Waals surface area contributed by atoms with E-state index in [1.54, 1.807) is 19.2 Å². The normalized spacial score (nSPS) is 26.4. The highest BCUT2D eigenvalue weighted by Crippen LogP contribution is 2.40. The van der Waals surface area contributed by atoms with Gasteiger partial charge in [-0.3, -0.25) is 4.90 Å². The number of ether oxygens (including phenoxy) is 3. The minimum atomic E-state index is -2.84. The molecule has 1 saturated heterocycles. The van der Waals surface area contributed by atoms with Crippen LogP contribution in [-0.4, -0.2) is 49.0 Å². The second kappa shape index (κ2) is 9.18. The molecule has 4 atom stereocenters. The Hall–Kier alpha value is -2.38. The third kappa shape index (κ3) is 4.68. The molecule has 0 aromatic heterocycles. The second-order valence-electron chi connectivity index (χ2n) is 8.05. The predicted octanol–water partition coefficient (Wildman–Crippen LogP) is 3.95. The Morgan fingerprint density at radius 3 is 2.30 bits per heavy atom. The highest BCUT2D eigenvalue weighted by molar-refractivity contribution is 5.39. The molecule has 2 aromatic rings. The van der Waals surface area contributed by atoms with Crippen LogP contribution in [-0.2, 0) is 6.54 Å². The molecular formula is C23H27F2NO4. The SMILES string of the molecule is COc1ccccc1O[C@@H]1C[C@@H]2CN(Cc3ccccc3OC(F)F)C[C@@H]2C[C@H]1O. The molecule has 2 aromatic carbocycles. The third-order valence-corrected chi connectivity index (χ3v) is 6.09. The lowest BCUT2D eigenvalue weighted by atomic mass is 9.78. The lowest BCUT2D eigenvalue weighted by Gasteiger charge is -2.35. The van der Waals surface area contributed by atoms with Crippen molar-refractivity contribution in [2.75, 3.05) is 20.2 Å². The minimum absolute atomic E-state index is 0.222. The summed E-state index contributed by atoms with van der Waals surface area (Å²) < 4.78 is 41.5. The fourth-order valence-electron chi connectivity index (χ4n) is 4.71. The lowest BCUT2D eigenvalue weighted by molar-refractivity contribution is -0.0507. The Labute approximate surface area is 175 Å². The van der Waals surface area contributed by atoms with Crippen molar-refractivity contribution < 1.29 is 28.1 Å². The fraction of sp³-hybridized carbons (Fsp3) is 0.478. The van der Waals surface area contributed by atoms with E-state index in [0.717, 1.165) is 25.1 Å². The number of hydrogen-bond acceptors (Lipinski definition) is 5. The van der Waals surface area contributed by atoms with Crippen molar-refractivity contribution in [3.63, 3.8) is 0 Å². The van der Waals surface area contributed by atoms with Crippen molar-refractivity contribution in [3.05, 3.63) is 54.1 Å². The first-order valence-electron chi connectivity index (χ1n) is 10.3. The number of aliphatic hydroxyl groups is 1. The van der Waals surface area contributed by atoms with Gasteiger partial charge in [-0.2, -0.15) is 8.78 Å². The van der Waals surface area contributed by atoms with Crippen molar-refractivity contribution >= 4 is 0 Å². The molecule has 162 valence electrons. The van der Waals surface area contributed by atoms with Gasteiger partial charge >= 0.3 is 6.61 Å². The van der Waals surface area contributed by atoms with Crippen LogP contribution in [0.1, 0.15) is 18.4 Å². The number of aliphatic hydroxyl groups excluding tert-OH is 1. The minimum Gasteiger partial charge on any atom is -0.493 e.